The average Bonchev–Trinajstić information content (AvgIpc) is 2.78. The number of fused-ring (bicyclic) bond motifs is 1. The van der Waals surface area contributed by atoms with E-state index in [0.29, 0.717) is 25.6 Å². The van der Waals surface area contributed by atoms with Gasteiger partial charge in [0.2, 0.25) is 0 Å². The van der Waals surface area contributed by atoms with Gasteiger partial charge in [-0.2, -0.15) is 0 Å². The first-order valence-electron chi connectivity index (χ1n) is 9.57. The van der Waals surface area contributed by atoms with E-state index in [9.17, 15) is 0 Å². The Labute approximate surface area is 170 Å². The SMILES string of the molecule is NC(COCc1ccccc1)COc1cncc(-c2ccc3cnccc3c2)c1. The first-order valence-corrected chi connectivity index (χ1v) is 9.57. The molecule has 1 atom stereocenters. The molecule has 0 bridgehead atoms. The number of hydrogen-bond donors (Lipinski definition) is 1. The van der Waals surface area contributed by atoms with Gasteiger partial charge >= 0.3 is 0 Å². The Morgan fingerprint density at radius 1 is 0.793 bits per heavy atom. The van der Waals surface area contributed by atoms with Crippen LogP contribution >= 0.6 is 0 Å². The fourth-order valence-electron chi connectivity index (χ4n) is 3.07. The third kappa shape index (κ3) is 5.16. The molecule has 2 N–H and O–H groups in total. The largest absolute Gasteiger partial charge is 0.490 e. The molecule has 0 spiro atoms. The molecule has 4 rings (SSSR count). The second-order valence-corrected chi connectivity index (χ2v) is 6.92. The van der Waals surface area contributed by atoms with E-state index in [1.807, 2.05) is 54.9 Å². The minimum atomic E-state index is -0.212. The smallest absolute Gasteiger partial charge is 0.138 e. The molecule has 0 aliphatic carbocycles. The Kier molecular flexibility index (Phi) is 6.10. The van der Waals surface area contributed by atoms with Crippen LogP contribution < -0.4 is 10.5 Å². The first kappa shape index (κ1) is 19.1. The molecule has 2 aromatic heterocycles. The molecular formula is C24H23N3O2. The molecule has 0 radical (unpaired) electrons. The van der Waals surface area contributed by atoms with E-state index in [1.54, 1.807) is 12.4 Å². The number of rotatable bonds is 8. The van der Waals surface area contributed by atoms with Gasteiger partial charge in [-0.25, -0.2) is 0 Å². The van der Waals surface area contributed by atoms with Gasteiger partial charge in [0.1, 0.15) is 12.4 Å². The van der Waals surface area contributed by atoms with Crippen LogP contribution in [0.25, 0.3) is 21.9 Å². The molecule has 1 unspecified atom stereocenters. The highest BCUT2D eigenvalue weighted by Crippen LogP contribution is 2.26. The molecular weight excluding hydrogens is 362 g/mol. The summed E-state index contributed by atoms with van der Waals surface area (Å²) in [7, 11) is 0. The van der Waals surface area contributed by atoms with Gasteiger partial charge in [-0.05, 0) is 34.7 Å². The Hall–Kier alpha value is -3.28. The monoisotopic (exact) mass is 385 g/mol. The number of hydrogen-bond acceptors (Lipinski definition) is 5. The number of pyridine rings is 2. The minimum Gasteiger partial charge on any atom is -0.490 e. The zero-order chi connectivity index (χ0) is 19.9. The molecule has 5 heteroatoms. The molecule has 0 aliphatic rings. The number of aromatic nitrogens is 2. The molecule has 0 saturated carbocycles. The zero-order valence-electron chi connectivity index (χ0n) is 16.1. The van der Waals surface area contributed by atoms with Crippen molar-refractivity contribution in [3.8, 4) is 16.9 Å². The van der Waals surface area contributed by atoms with E-state index < -0.39 is 0 Å². The van der Waals surface area contributed by atoms with E-state index in [1.165, 1.54) is 0 Å². The molecule has 2 heterocycles. The summed E-state index contributed by atoms with van der Waals surface area (Å²) in [6.07, 6.45) is 7.19. The van der Waals surface area contributed by atoms with Gasteiger partial charge in [-0.3, -0.25) is 9.97 Å². The summed E-state index contributed by atoms with van der Waals surface area (Å²) in [6.45, 7) is 1.34. The Balaban J connectivity index is 1.33. The fourth-order valence-corrected chi connectivity index (χ4v) is 3.07. The van der Waals surface area contributed by atoms with E-state index >= 15 is 0 Å². The maximum Gasteiger partial charge on any atom is 0.138 e. The topological polar surface area (TPSA) is 70.3 Å². The number of nitrogens with zero attached hydrogens (tertiary/aromatic N) is 2. The van der Waals surface area contributed by atoms with Crippen molar-refractivity contribution in [3.63, 3.8) is 0 Å². The summed E-state index contributed by atoms with van der Waals surface area (Å²) >= 11 is 0. The third-order valence-corrected chi connectivity index (χ3v) is 4.59. The highest BCUT2D eigenvalue weighted by molar-refractivity contribution is 5.86. The lowest BCUT2D eigenvalue weighted by atomic mass is 10.0. The molecule has 0 saturated heterocycles. The lowest BCUT2D eigenvalue weighted by Crippen LogP contribution is -2.32. The second-order valence-electron chi connectivity index (χ2n) is 6.92. The van der Waals surface area contributed by atoms with E-state index in [0.717, 1.165) is 27.5 Å². The van der Waals surface area contributed by atoms with Crippen molar-refractivity contribution in [1.29, 1.82) is 0 Å². The summed E-state index contributed by atoms with van der Waals surface area (Å²) in [4.78, 5) is 8.47. The Morgan fingerprint density at radius 2 is 1.69 bits per heavy atom. The lowest BCUT2D eigenvalue weighted by Gasteiger charge is -2.14. The summed E-state index contributed by atoms with van der Waals surface area (Å²) in [6, 6.07) is 20.1. The maximum atomic E-state index is 6.12. The van der Waals surface area contributed by atoms with Crippen LogP contribution in [0, 0.1) is 0 Å². The summed E-state index contributed by atoms with van der Waals surface area (Å²) < 4.78 is 11.5. The van der Waals surface area contributed by atoms with Gasteiger partial charge in [0.25, 0.3) is 0 Å². The van der Waals surface area contributed by atoms with Crippen LogP contribution in [-0.2, 0) is 11.3 Å². The molecule has 0 amide bonds. The summed E-state index contributed by atoms with van der Waals surface area (Å²) in [5.41, 5.74) is 9.33. The maximum absolute atomic E-state index is 6.12. The predicted molar refractivity (Wildman–Crippen MR) is 115 cm³/mol. The summed E-state index contributed by atoms with van der Waals surface area (Å²) in [5.74, 6) is 0.691. The van der Waals surface area contributed by atoms with Crippen LogP contribution in [0.2, 0.25) is 0 Å². The van der Waals surface area contributed by atoms with E-state index in [-0.39, 0.29) is 6.04 Å². The molecule has 0 fully saturated rings. The third-order valence-electron chi connectivity index (χ3n) is 4.59. The quantitative estimate of drug-likeness (QED) is 0.492. The van der Waals surface area contributed by atoms with Crippen molar-refractivity contribution in [2.75, 3.05) is 13.2 Å². The van der Waals surface area contributed by atoms with Gasteiger partial charge < -0.3 is 15.2 Å². The number of benzene rings is 2. The van der Waals surface area contributed by atoms with Crippen molar-refractivity contribution in [1.82, 2.24) is 9.97 Å². The molecule has 146 valence electrons. The number of nitrogens with two attached hydrogens (primary N) is 1. The predicted octanol–water partition coefficient (Wildman–Crippen LogP) is 4.22. The van der Waals surface area contributed by atoms with Crippen LogP contribution in [0.1, 0.15) is 5.56 Å². The fraction of sp³-hybridized carbons (Fsp3) is 0.167. The normalized spacial score (nSPS) is 12.0. The van der Waals surface area contributed by atoms with Gasteiger partial charge in [0.05, 0.1) is 25.5 Å². The highest BCUT2D eigenvalue weighted by atomic mass is 16.5. The van der Waals surface area contributed by atoms with E-state index in [2.05, 4.69) is 28.2 Å². The van der Waals surface area contributed by atoms with Crippen LogP contribution in [0.3, 0.4) is 0 Å². The van der Waals surface area contributed by atoms with Crippen LogP contribution in [0.5, 0.6) is 5.75 Å². The lowest BCUT2D eigenvalue weighted by molar-refractivity contribution is 0.0935. The van der Waals surface area contributed by atoms with Crippen molar-refractivity contribution in [2.45, 2.75) is 12.6 Å². The van der Waals surface area contributed by atoms with Crippen LogP contribution in [-0.4, -0.2) is 29.2 Å². The van der Waals surface area contributed by atoms with Crippen molar-refractivity contribution < 1.29 is 9.47 Å². The second kappa shape index (κ2) is 9.28. The average molecular weight is 385 g/mol. The van der Waals surface area contributed by atoms with Crippen LogP contribution in [0.4, 0.5) is 0 Å². The zero-order valence-corrected chi connectivity index (χ0v) is 16.1. The molecule has 5 nitrogen and oxygen atoms in total. The standard InChI is InChI=1S/C24H23N3O2/c25-23(16-28-15-18-4-2-1-3-5-18)17-29-24-11-22(13-27-14-24)19-6-7-21-12-26-9-8-20(21)10-19/h1-14,23H,15-17,25H2. The molecule has 29 heavy (non-hydrogen) atoms. The summed E-state index contributed by atoms with van der Waals surface area (Å²) in [5, 5.41) is 2.25. The van der Waals surface area contributed by atoms with Crippen LogP contribution in [0.15, 0.2) is 85.5 Å². The van der Waals surface area contributed by atoms with Crippen molar-refractivity contribution in [2.24, 2.45) is 5.73 Å². The number of ether oxygens (including phenoxy) is 2. The van der Waals surface area contributed by atoms with Gasteiger partial charge in [-0.1, -0.05) is 42.5 Å². The molecule has 0 aliphatic heterocycles. The molecule has 2 aromatic carbocycles. The van der Waals surface area contributed by atoms with Gasteiger partial charge in [0.15, 0.2) is 0 Å². The van der Waals surface area contributed by atoms with E-state index in [4.69, 9.17) is 15.2 Å². The molecule has 4 aromatic rings. The van der Waals surface area contributed by atoms with Crippen molar-refractivity contribution in [3.05, 3.63) is 91.0 Å². The van der Waals surface area contributed by atoms with Gasteiger partial charge in [-0.15, -0.1) is 0 Å². The highest BCUT2D eigenvalue weighted by Gasteiger charge is 2.07. The Bertz CT molecular complexity index is 1070. The minimum absolute atomic E-state index is 0.212. The first-order chi connectivity index (χ1) is 14.3. The van der Waals surface area contributed by atoms with Crippen molar-refractivity contribution >= 4 is 10.8 Å². The van der Waals surface area contributed by atoms with Gasteiger partial charge in [0, 0.05) is 29.5 Å². The Morgan fingerprint density at radius 3 is 2.59 bits per heavy atom.